The van der Waals surface area contributed by atoms with Gasteiger partial charge in [-0.2, -0.15) is 0 Å². The number of para-hydroxylation sites is 1. The zero-order valence-electron chi connectivity index (χ0n) is 19.2. The van der Waals surface area contributed by atoms with E-state index >= 15 is 0 Å². The normalized spacial score (nSPS) is 17.0. The number of rotatable bonds is 6. The first-order chi connectivity index (χ1) is 17.5. The Labute approximate surface area is 206 Å². The molecule has 3 amide bonds. The predicted molar refractivity (Wildman–Crippen MR) is 131 cm³/mol. The van der Waals surface area contributed by atoms with Gasteiger partial charge in [0.1, 0.15) is 17.1 Å². The number of anilines is 1. The van der Waals surface area contributed by atoms with Gasteiger partial charge in [0.25, 0.3) is 17.7 Å². The average Bonchev–Trinajstić information content (AvgIpc) is 3.61. The van der Waals surface area contributed by atoms with Crippen LogP contribution >= 0.6 is 0 Å². The number of benzene rings is 3. The van der Waals surface area contributed by atoms with Gasteiger partial charge < -0.3 is 19.2 Å². The number of ether oxygens (including phenoxy) is 2. The van der Waals surface area contributed by atoms with Crippen molar-refractivity contribution in [1.82, 2.24) is 4.90 Å². The van der Waals surface area contributed by atoms with E-state index in [1.807, 2.05) is 18.2 Å². The summed E-state index contributed by atoms with van der Waals surface area (Å²) in [6.07, 6.45) is 1.66. The molecule has 1 atom stereocenters. The number of nitrogens with zero attached hydrogens (tertiary/aromatic N) is 1. The van der Waals surface area contributed by atoms with E-state index in [9.17, 15) is 14.4 Å². The molecule has 3 aromatic carbocycles. The van der Waals surface area contributed by atoms with Crippen molar-refractivity contribution in [3.63, 3.8) is 0 Å². The van der Waals surface area contributed by atoms with Gasteiger partial charge in [0.05, 0.1) is 23.8 Å². The Bertz CT molecular complexity index is 1470. The molecule has 36 heavy (non-hydrogen) atoms. The second kappa shape index (κ2) is 8.98. The van der Waals surface area contributed by atoms with Crippen molar-refractivity contribution in [3.8, 4) is 11.5 Å². The molecule has 0 saturated carbocycles. The van der Waals surface area contributed by atoms with Gasteiger partial charge in [-0.25, -0.2) is 0 Å². The van der Waals surface area contributed by atoms with Crippen molar-refractivity contribution in [3.05, 3.63) is 89.7 Å². The molecule has 1 unspecified atom stereocenters. The summed E-state index contributed by atoms with van der Waals surface area (Å²) in [6, 6.07) is 20.8. The molecule has 0 bridgehead atoms. The molecule has 0 spiro atoms. The summed E-state index contributed by atoms with van der Waals surface area (Å²) >= 11 is 0. The van der Waals surface area contributed by atoms with Gasteiger partial charge in [0, 0.05) is 23.7 Å². The van der Waals surface area contributed by atoms with Crippen LogP contribution in [-0.2, 0) is 4.74 Å². The van der Waals surface area contributed by atoms with Crippen molar-refractivity contribution in [2.24, 2.45) is 0 Å². The maximum Gasteiger partial charge on any atom is 0.291 e. The van der Waals surface area contributed by atoms with Gasteiger partial charge in [0.15, 0.2) is 5.76 Å². The summed E-state index contributed by atoms with van der Waals surface area (Å²) in [6.45, 7) is 0.916. The topological polar surface area (TPSA) is 98.1 Å². The van der Waals surface area contributed by atoms with Crippen molar-refractivity contribution < 1.29 is 28.3 Å². The number of carbonyl (C=O) groups excluding carboxylic acids is 3. The molecule has 0 radical (unpaired) electrons. The highest BCUT2D eigenvalue weighted by Gasteiger charge is 2.37. The number of hydrogen-bond donors (Lipinski definition) is 1. The van der Waals surface area contributed by atoms with Crippen LogP contribution in [0.25, 0.3) is 11.0 Å². The van der Waals surface area contributed by atoms with Crippen molar-refractivity contribution in [2.45, 2.75) is 18.9 Å². The predicted octanol–water partition coefficient (Wildman–Crippen LogP) is 5.25. The molecule has 1 aromatic heterocycles. The molecule has 0 aliphatic carbocycles. The Morgan fingerprint density at radius 2 is 1.78 bits per heavy atom. The Morgan fingerprint density at radius 1 is 0.944 bits per heavy atom. The number of furan rings is 1. The minimum Gasteiger partial charge on any atom is -0.457 e. The molecule has 4 aromatic rings. The minimum absolute atomic E-state index is 0.111. The third kappa shape index (κ3) is 4.12. The van der Waals surface area contributed by atoms with Crippen LogP contribution in [0.3, 0.4) is 0 Å². The summed E-state index contributed by atoms with van der Waals surface area (Å²) in [4.78, 5) is 39.6. The van der Waals surface area contributed by atoms with E-state index < -0.39 is 0 Å². The minimum atomic E-state index is -0.378. The summed E-state index contributed by atoms with van der Waals surface area (Å²) in [5, 5.41) is 3.66. The van der Waals surface area contributed by atoms with E-state index in [1.54, 1.807) is 54.6 Å². The molecular weight excluding hydrogens is 460 g/mol. The molecule has 1 saturated heterocycles. The van der Waals surface area contributed by atoms with Gasteiger partial charge >= 0.3 is 0 Å². The quantitative estimate of drug-likeness (QED) is 0.377. The maximum absolute atomic E-state index is 12.9. The van der Waals surface area contributed by atoms with E-state index in [0.717, 1.165) is 18.2 Å². The molecular formula is C28H22N2O6. The smallest absolute Gasteiger partial charge is 0.291 e. The van der Waals surface area contributed by atoms with Gasteiger partial charge in [-0.1, -0.05) is 24.3 Å². The molecule has 2 aliphatic heterocycles. The first-order valence-corrected chi connectivity index (χ1v) is 11.7. The van der Waals surface area contributed by atoms with Crippen LogP contribution in [0.15, 0.2) is 77.2 Å². The van der Waals surface area contributed by atoms with Crippen LogP contribution in [0.1, 0.15) is 44.1 Å². The number of hydrogen-bond acceptors (Lipinski definition) is 6. The first-order valence-electron chi connectivity index (χ1n) is 11.7. The molecule has 180 valence electrons. The Hall–Kier alpha value is -4.43. The van der Waals surface area contributed by atoms with E-state index in [4.69, 9.17) is 13.9 Å². The maximum atomic E-state index is 12.9. The second-order valence-electron chi connectivity index (χ2n) is 8.80. The monoisotopic (exact) mass is 482 g/mol. The summed E-state index contributed by atoms with van der Waals surface area (Å²) in [7, 11) is 0. The van der Waals surface area contributed by atoms with Crippen molar-refractivity contribution in [2.75, 3.05) is 18.5 Å². The molecule has 1 N–H and O–H groups in total. The van der Waals surface area contributed by atoms with Crippen molar-refractivity contribution in [1.29, 1.82) is 0 Å². The molecule has 2 aliphatic rings. The number of amides is 3. The zero-order chi connectivity index (χ0) is 24.6. The van der Waals surface area contributed by atoms with E-state index in [0.29, 0.717) is 40.5 Å². The van der Waals surface area contributed by atoms with E-state index in [2.05, 4.69) is 5.32 Å². The van der Waals surface area contributed by atoms with Crippen LogP contribution in [0.5, 0.6) is 11.5 Å². The molecule has 8 nitrogen and oxygen atoms in total. The van der Waals surface area contributed by atoms with Crippen LogP contribution in [-0.4, -0.2) is 41.9 Å². The largest absolute Gasteiger partial charge is 0.457 e. The summed E-state index contributed by atoms with van der Waals surface area (Å²) in [5.41, 5.74) is 1.83. The lowest BCUT2D eigenvalue weighted by atomic mass is 10.1. The van der Waals surface area contributed by atoms with E-state index in [-0.39, 0.29) is 36.1 Å². The van der Waals surface area contributed by atoms with Crippen LogP contribution < -0.4 is 10.1 Å². The summed E-state index contributed by atoms with van der Waals surface area (Å²) in [5.74, 6) is 0.0447. The lowest BCUT2D eigenvalue weighted by molar-refractivity contribution is 0.0475. The highest BCUT2D eigenvalue weighted by molar-refractivity contribution is 6.21. The fourth-order valence-corrected chi connectivity index (χ4v) is 4.55. The highest BCUT2D eigenvalue weighted by Crippen LogP contribution is 2.31. The summed E-state index contributed by atoms with van der Waals surface area (Å²) < 4.78 is 17.2. The highest BCUT2D eigenvalue weighted by atomic mass is 16.5. The Kier molecular flexibility index (Phi) is 5.50. The Morgan fingerprint density at radius 3 is 2.61 bits per heavy atom. The van der Waals surface area contributed by atoms with Crippen LogP contribution in [0.4, 0.5) is 5.69 Å². The number of carbonyl (C=O) groups is 3. The third-order valence-corrected chi connectivity index (χ3v) is 6.33. The molecule has 1 fully saturated rings. The zero-order valence-corrected chi connectivity index (χ0v) is 19.2. The van der Waals surface area contributed by atoms with E-state index in [1.165, 1.54) is 4.90 Å². The first kappa shape index (κ1) is 22.1. The molecule has 6 rings (SSSR count). The number of fused-ring (bicyclic) bond motifs is 2. The van der Waals surface area contributed by atoms with Gasteiger partial charge in [0.2, 0.25) is 0 Å². The fourth-order valence-electron chi connectivity index (χ4n) is 4.55. The third-order valence-electron chi connectivity index (χ3n) is 6.33. The van der Waals surface area contributed by atoms with Gasteiger partial charge in [-0.05, 0) is 55.3 Å². The second-order valence-corrected chi connectivity index (χ2v) is 8.80. The Balaban J connectivity index is 1.16. The van der Waals surface area contributed by atoms with Gasteiger partial charge in [-0.15, -0.1) is 0 Å². The SMILES string of the molecule is O=C(Nc1cccc(Oc2ccc3c(c2)C(=O)N(CC2CCCO2)C3=O)c1)c1cc2ccccc2o1. The fraction of sp³-hybridized carbons (Fsp3) is 0.179. The lowest BCUT2D eigenvalue weighted by Gasteiger charge is -2.17. The number of imide groups is 1. The van der Waals surface area contributed by atoms with Crippen LogP contribution in [0, 0.1) is 0 Å². The number of nitrogens with one attached hydrogen (secondary N) is 1. The van der Waals surface area contributed by atoms with Gasteiger partial charge in [-0.3, -0.25) is 19.3 Å². The lowest BCUT2D eigenvalue weighted by Crippen LogP contribution is -2.36. The molecule has 3 heterocycles. The van der Waals surface area contributed by atoms with Crippen LogP contribution in [0.2, 0.25) is 0 Å². The molecule has 8 heteroatoms. The van der Waals surface area contributed by atoms with Crippen molar-refractivity contribution >= 4 is 34.4 Å². The standard InChI is InChI=1S/C28H22N2O6/c31-26(25-13-17-5-1-2-9-24(17)36-25)29-18-6-3-7-19(14-18)35-20-10-11-22-23(15-20)28(33)30(27(22)32)16-21-8-4-12-34-21/h1-3,5-7,9-11,13-15,21H,4,8,12,16H2,(H,29,31). The average molecular weight is 482 g/mol.